The van der Waals surface area contributed by atoms with Gasteiger partial charge in [0.1, 0.15) is 57.9 Å². The van der Waals surface area contributed by atoms with E-state index in [1.807, 2.05) is 42.5 Å². The molecule has 25 heteroatoms. The molecule has 3 N–H and O–H groups in total. The van der Waals surface area contributed by atoms with E-state index >= 15 is 0 Å². The van der Waals surface area contributed by atoms with Crippen molar-refractivity contribution in [2.75, 3.05) is 60.8 Å². The monoisotopic (exact) mass is 1420 g/mol. The average molecular weight is 1420 g/mol. The first kappa shape index (κ1) is 84.6. The molecule has 0 bridgehead atoms. The number of aliphatic hydroxyl groups is 1. The molecule has 4 aromatic carbocycles. The summed E-state index contributed by atoms with van der Waals surface area (Å²) < 4.78 is 172. The van der Waals surface area contributed by atoms with Crippen molar-refractivity contribution >= 4 is 23.5 Å². The van der Waals surface area contributed by atoms with Gasteiger partial charge >= 0.3 is 36.1 Å². The number of hydrogen-bond acceptors (Lipinski definition) is 15. The number of fused-ring (bicyclic) bond motifs is 2. The lowest BCUT2D eigenvalue weighted by Gasteiger charge is -2.43. The number of Topliss-reactive ketones (excluding diaryl/α,β-unsaturated/α-hetero) is 2. The Hall–Kier alpha value is -6.86. The molecular formula is C74H100F10O15. The Kier molecular flexibility index (Phi) is 35.2. The molecule has 0 aliphatic carbocycles. The van der Waals surface area contributed by atoms with Crippen LogP contribution in [0.2, 0.25) is 0 Å². The van der Waals surface area contributed by atoms with Crippen LogP contribution in [0, 0.1) is 11.8 Å². The van der Waals surface area contributed by atoms with Gasteiger partial charge in [0.25, 0.3) is 0 Å². The van der Waals surface area contributed by atoms with Gasteiger partial charge in [-0.2, -0.15) is 43.9 Å². The smallest absolute Gasteiger partial charge is 0.453 e. The third-order valence-corrected chi connectivity index (χ3v) is 18.1. The molecule has 6 rings (SSSR count). The lowest BCUT2D eigenvalue weighted by atomic mass is 9.66. The third kappa shape index (κ3) is 25.9. The zero-order valence-electron chi connectivity index (χ0n) is 57.9. The fraction of sp³-hybridized carbons (Fsp3) is 0.622. The summed E-state index contributed by atoms with van der Waals surface area (Å²) >= 11 is 0. The van der Waals surface area contributed by atoms with Gasteiger partial charge in [-0.05, 0) is 131 Å². The van der Waals surface area contributed by atoms with Crippen molar-refractivity contribution in [1.82, 2.24) is 0 Å². The maximum Gasteiger partial charge on any atom is 0.453 e. The molecule has 15 nitrogen and oxygen atoms in total. The summed E-state index contributed by atoms with van der Waals surface area (Å²) in [6.45, 7) is 10.5. The van der Waals surface area contributed by atoms with E-state index in [0.717, 1.165) is 92.2 Å². The fourth-order valence-electron chi connectivity index (χ4n) is 12.5. The number of carbonyl (C=O) groups excluding carboxylic acids is 4. The number of benzene rings is 4. The molecule has 0 spiro atoms. The molecule has 0 saturated carbocycles. The summed E-state index contributed by atoms with van der Waals surface area (Å²) in [4.78, 5) is 50.0. The van der Waals surface area contributed by atoms with E-state index in [4.69, 9.17) is 43.0 Å². The molecule has 0 radical (unpaired) electrons. The highest BCUT2D eigenvalue weighted by molar-refractivity contribution is 5.99. The van der Waals surface area contributed by atoms with Gasteiger partial charge in [-0.25, -0.2) is 0 Å². The second-order valence-corrected chi connectivity index (χ2v) is 25.5. The van der Waals surface area contributed by atoms with Crippen LogP contribution in [0.4, 0.5) is 43.9 Å². The van der Waals surface area contributed by atoms with Crippen molar-refractivity contribution in [3.8, 4) is 34.5 Å². The molecule has 0 aromatic heterocycles. The summed E-state index contributed by atoms with van der Waals surface area (Å²) in [5.41, 5.74) is 3.62. The number of aromatic hydroxyl groups is 2. The van der Waals surface area contributed by atoms with E-state index in [0.29, 0.717) is 56.1 Å². The van der Waals surface area contributed by atoms with Gasteiger partial charge in [0.15, 0.2) is 13.6 Å². The molecule has 556 valence electrons. The van der Waals surface area contributed by atoms with E-state index in [2.05, 4.69) is 32.0 Å². The quantitative estimate of drug-likeness (QED) is 0.0125. The van der Waals surface area contributed by atoms with Crippen LogP contribution in [0.3, 0.4) is 0 Å². The molecule has 99 heavy (non-hydrogen) atoms. The number of carbonyl (C=O) groups is 4. The number of aliphatic hydroxyl groups excluding tert-OH is 1. The van der Waals surface area contributed by atoms with Crippen LogP contribution in [-0.2, 0) is 49.0 Å². The zero-order valence-corrected chi connectivity index (χ0v) is 57.9. The van der Waals surface area contributed by atoms with E-state index in [1.54, 1.807) is 45.4 Å². The second kappa shape index (κ2) is 41.2. The van der Waals surface area contributed by atoms with E-state index in [-0.39, 0.29) is 80.4 Å². The Bertz CT molecular complexity index is 3050. The van der Waals surface area contributed by atoms with Gasteiger partial charge < -0.3 is 53.2 Å². The maximum absolute atomic E-state index is 13.3. The van der Waals surface area contributed by atoms with Crippen LogP contribution in [-0.4, -0.2) is 124 Å². The van der Waals surface area contributed by atoms with Crippen molar-refractivity contribution in [3.63, 3.8) is 0 Å². The number of rotatable bonds is 40. The number of methoxy groups -OCH3 is 2. The van der Waals surface area contributed by atoms with Crippen molar-refractivity contribution in [1.29, 1.82) is 0 Å². The zero-order chi connectivity index (χ0) is 73.5. The van der Waals surface area contributed by atoms with Gasteiger partial charge in [-0.15, -0.1) is 0 Å². The normalized spacial score (nSPS) is 18.1. The Morgan fingerprint density at radius 2 is 0.848 bits per heavy atom. The predicted octanol–water partition coefficient (Wildman–Crippen LogP) is 18.1. The first-order valence-corrected chi connectivity index (χ1v) is 34.1. The number of hydrogen-bond donors (Lipinski definition) is 3. The Morgan fingerprint density at radius 3 is 1.25 bits per heavy atom. The average Bonchev–Trinajstić information content (AvgIpc) is 0.760. The molecular weight excluding hydrogens is 1320 g/mol. The number of ether oxygens (including phenoxy) is 8. The topological polar surface area (TPSA) is 203 Å². The lowest BCUT2D eigenvalue weighted by Crippen LogP contribution is -2.40. The first-order valence-electron chi connectivity index (χ1n) is 34.1. The van der Waals surface area contributed by atoms with Crippen LogP contribution >= 0.6 is 0 Å². The minimum absolute atomic E-state index is 0.0236. The molecule has 2 aliphatic rings. The van der Waals surface area contributed by atoms with Gasteiger partial charge in [-0.3, -0.25) is 19.2 Å². The number of halogens is 10. The summed E-state index contributed by atoms with van der Waals surface area (Å²) in [6, 6.07) is 26.2. The SMILES string of the molecule is CCO.CCOC(=O)C(CCCC(F)(F)C(F)(F)F)C(=O)CCCCCCCC[C@@H]1c2ccc(O)cc2OC[C@]1(C)c1ccc(O)cc1.CCOC(=O)C(CCCC(F)(F)C(F)(F)F)C(=O)CCCCCCCC[C@@H]1c2ccc(OCOC)cc2OC[C@]1(C)c1ccc(OCOC)cc1. The Labute approximate surface area is 574 Å². The van der Waals surface area contributed by atoms with E-state index in [9.17, 15) is 73.3 Å². The number of alkyl halides is 10. The molecule has 2 unspecified atom stereocenters. The standard InChI is InChI=1S/C38H51F5O8.C34H43F5O6.C2H6O/c1-5-48-35(45)31(13-12-22-37(39,40)38(41,42)43)33(44)15-11-9-7-6-8-10-14-32-30-21-20-29(51-26-47-4)23-34(30)49-24-36(32,2)27-16-18-28(19-17-27)50-25-46-3;1-3-44-31(43)27(11-10-20-33(35,36)34(37,38)39)29(42)13-9-7-5-4-6-8-12-28-26-19-18-25(41)21-30(26)45-22-32(28,2)23-14-16-24(40)17-15-23;1-2-3/h16-21,23,31-32H,5-15,22,24-26H2,1-4H3;14-19,21,27-28,40-41H,3-13,20,22H2,1-2H3;3H,2H2,1H3/t31?,32-,36-;27?,28-,32-;/m11./s1. The van der Waals surface area contributed by atoms with E-state index in [1.165, 1.54) is 13.8 Å². The lowest BCUT2D eigenvalue weighted by molar-refractivity contribution is -0.284. The van der Waals surface area contributed by atoms with Gasteiger partial charge in [0.2, 0.25) is 0 Å². The summed E-state index contributed by atoms with van der Waals surface area (Å²) in [5, 5.41) is 27.3. The highest BCUT2D eigenvalue weighted by Crippen LogP contribution is 2.52. The van der Waals surface area contributed by atoms with Crippen LogP contribution in [0.25, 0.3) is 0 Å². The van der Waals surface area contributed by atoms with Crippen molar-refractivity contribution in [2.45, 2.75) is 223 Å². The summed E-state index contributed by atoms with van der Waals surface area (Å²) in [7, 11) is 3.13. The Morgan fingerprint density at radius 1 is 0.495 bits per heavy atom. The van der Waals surface area contributed by atoms with Crippen LogP contribution in [0.5, 0.6) is 34.5 Å². The van der Waals surface area contributed by atoms with Gasteiger partial charge in [-0.1, -0.05) is 114 Å². The molecule has 2 aliphatic heterocycles. The number of ketones is 2. The Balaban J connectivity index is 0.000000407. The highest BCUT2D eigenvalue weighted by atomic mass is 19.4. The van der Waals surface area contributed by atoms with Crippen LogP contribution < -0.4 is 18.9 Å². The number of phenols is 2. The fourth-order valence-corrected chi connectivity index (χ4v) is 12.5. The maximum atomic E-state index is 13.3. The molecule has 0 saturated heterocycles. The van der Waals surface area contributed by atoms with E-state index < -0.39 is 98.1 Å². The molecule has 4 aromatic rings. The number of unbranched alkanes of at least 4 members (excludes halogenated alkanes) is 10. The second-order valence-electron chi connectivity index (χ2n) is 25.5. The van der Waals surface area contributed by atoms with Crippen molar-refractivity contribution in [2.24, 2.45) is 11.8 Å². The largest absolute Gasteiger partial charge is 0.508 e. The molecule has 2 heterocycles. The number of esters is 2. The molecule has 0 fully saturated rings. The first-order chi connectivity index (χ1) is 46.9. The third-order valence-electron chi connectivity index (χ3n) is 18.1. The minimum atomic E-state index is -5.68. The van der Waals surface area contributed by atoms with Crippen molar-refractivity contribution < 1.29 is 116 Å². The molecule has 6 atom stereocenters. The van der Waals surface area contributed by atoms with Crippen LogP contribution in [0.1, 0.15) is 210 Å². The summed E-state index contributed by atoms with van der Waals surface area (Å²) in [5.74, 6) is -11.8. The minimum Gasteiger partial charge on any atom is -0.508 e. The van der Waals surface area contributed by atoms with Crippen molar-refractivity contribution in [3.05, 3.63) is 107 Å². The van der Waals surface area contributed by atoms with Gasteiger partial charge in [0, 0.05) is 81.3 Å². The summed E-state index contributed by atoms with van der Waals surface area (Å²) in [6.07, 6.45) is -4.96. The predicted molar refractivity (Wildman–Crippen MR) is 352 cm³/mol. The van der Waals surface area contributed by atoms with Crippen LogP contribution in [0.15, 0.2) is 84.9 Å². The highest BCUT2D eigenvalue weighted by Gasteiger charge is 2.57. The van der Waals surface area contributed by atoms with Gasteiger partial charge in [0.05, 0.1) is 26.4 Å². The molecule has 0 amide bonds. The number of phenolic OH excluding ortho intramolecular Hbond substituents is 2.